The topological polar surface area (TPSA) is 21.3 Å². The highest BCUT2D eigenvalue weighted by Crippen LogP contribution is 2.35. The molecule has 3 rings (SSSR count). The molecular weight excluding hydrogens is 447 g/mol. The fraction of sp³-hybridized carbons (Fsp3) is 0.100. The van der Waals surface area contributed by atoms with Crippen LogP contribution in [-0.4, -0.2) is 0 Å². The lowest BCUT2D eigenvalue weighted by Crippen LogP contribution is -2.01. The molecule has 0 radical (unpaired) electrons. The molecule has 3 aromatic rings. The Labute approximate surface area is 182 Å². The second kappa shape index (κ2) is 9.27. The SMILES string of the molecule is Clc1cccc(NCc2cc(Cl)c(OCc3ccc(Cl)cc3Cl)c(Cl)c2)c1. The van der Waals surface area contributed by atoms with Gasteiger partial charge in [-0.3, -0.25) is 0 Å². The van der Waals surface area contributed by atoms with Crippen LogP contribution in [0.3, 0.4) is 0 Å². The minimum atomic E-state index is 0.232. The second-order valence-corrected chi connectivity index (χ2v) is 7.87. The molecule has 0 unspecified atom stereocenters. The third-order valence-electron chi connectivity index (χ3n) is 3.77. The largest absolute Gasteiger partial charge is 0.486 e. The molecule has 0 heterocycles. The van der Waals surface area contributed by atoms with Crippen LogP contribution in [0.4, 0.5) is 5.69 Å². The van der Waals surface area contributed by atoms with Gasteiger partial charge in [0, 0.05) is 32.9 Å². The van der Waals surface area contributed by atoms with Gasteiger partial charge >= 0.3 is 0 Å². The van der Waals surface area contributed by atoms with Crippen molar-refractivity contribution in [3.8, 4) is 5.75 Å². The number of anilines is 1. The Balaban J connectivity index is 1.69. The normalized spacial score (nSPS) is 10.7. The molecule has 0 bridgehead atoms. The van der Waals surface area contributed by atoms with Gasteiger partial charge in [-0.1, -0.05) is 70.1 Å². The summed E-state index contributed by atoms with van der Waals surface area (Å²) in [5.41, 5.74) is 2.62. The monoisotopic (exact) mass is 459 g/mol. The zero-order chi connectivity index (χ0) is 19.4. The van der Waals surface area contributed by atoms with Gasteiger partial charge in [-0.2, -0.15) is 0 Å². The van der Waals surface area contributed by atoms with Crippen LogP contribution >= 0.6 is 58.0 Å². The first-order valence-electron chi connectivity index (χ1n) is 7.96. The van der Waals surface area contributed by atoms with Crippen molar-refractivity contribution in [2.24, 2.45) is 0 Å². The minimum absolute atomic E-state index is 0.232. The van der Waals surface area contributed by atoms with Crippen molar-refractivity contribution in [1.82, 2.24) is 0 Å². The Hall–Kier alpha value is -1.29. The predicted octanol–water partition coefficient (Wildman–Crippen LogP) is 8.14. The van der Waals surface area contributed by atoms with E-state index >= 15 is 0 Å². The molecule has 0 aliphatic heterocycles. The fourth-order valence-electron chi connectivity index (χ4n) is 2.44. The smallest absolute Gasteiger partial charge is 0.156 e. The van der Waals surface area contributed by atoms with Gasteiger partial charge < -0.3 is 10.1 Å². The van der Waals surface area contributed by atoms with Crippen molar-refractivity contribution in [2.45, 2.75) is 13.2 Å². The van der Waals surface area contributed by atoms with Crippen LogP contribution in [0.15, 0.2) is 54.6 Å². The van der Waals surface area contributed by atoms with E-state index in [2.05, 4.69) is 5.32 Å². The van der Waals surface area contributed by atoms with E-state index in [0.29, 0.717) is 37.4 Å². The highest BCUT2D eigenvalue weighted by Gasteiger charge is 2.11. The Morgan fingerprint density at radius 3 is 2.11 bits per heavy atom. The van der Waals surface area contributed by atoms with Gasteiger partial charge in [0.15, 0.2) is 5.75 Å². The third kappa shape index (κ3) is 5.60. The number of hydrogen-bond acceptors (Lipinski definition) is 2. The maximum absolute atomic E-state index is 6.36. The van der Waals surface area contributed by atoms with E-state index in [0.717, 1.165) is 16.8 Å². The molecular formula is C20H14Cl5NO. The summed E-state index contributed by atoms with van der Waals surface area (Å²) in [5, 5.41) is 5.88. The highest BCUT2D eigenvalue weighted by molar-refractivity contribution is 6.37. The maximum atomic E-state index is 6.36. The summed E-state index contributed by atoms with van der Waals surface area (Å²) in [6, 6.07) is 16.3. The molecule has 0 aromatic heterocycles. The van der Waals surface area contributed by atoms with Crippen LogP contribution in [-0.2, 0) is 13.2 Å². The fourth-order valence-corrected chi connectivity index (χ4v) is 3.74. The van der Waals surface area contributed by atoms with E-state index in [9.17, 15) is 0 Å². The summed E-state index contributed by atoms with van der Waals surface area (Å²) in [7, 11) is 0. The molecule has 0 spiro atoms. The molecule has 0 amide bonds. The molecule has 0 saturated heterocycles. The summed E-state index contributed by atoms with van der Waals surface area (Å²) in [6.07, 6.45) is 0. The van der Waals surface area contributed by atoms with Crippen molar-refractivity contribution in [2.75, 3.05) is 5.32 Å². The first-order valence-corrected chi connectivity index (χ1v) is 9.85. The molecule has 0 aliphatic rings. The highest BCUT2D eigenvalue weighted by atomic mass is 35.5. The van der Waals surface area contributed by atoms with Crippen LogP contribution in [0.25, 0.3) is 0 Å². The van der Waals surface area contributed by atoms with Gasteiger partial charge in [0.1, 0.15) is 6.61 Å². The summed E-state index contributed by atoms with van der Waals surface area (Å²) in [5.74, 6) is 0.413. The first-order chi connectivity index (χ1) is 12.9. The lowest BCUT2D eigenvalue weighted by molar-refractivity contribution is 0.306. The van der Waals surface area contributed by atoms with Crippen LogP contribution in [0.2, 0.25) is 25.1 Å². The summed E-state index contributed by atoms with van der Waals surface area (Å²) in [4.78, 5) is 0. The standard InChI is InChI=1S/C20H14Cl5NO/c21-14-2-1-3-16(8-14)26-10-12-6-18(24)20(19(25)7-12)27-11-13-4-5-15(22)9-17(13)23/h1-9,26H,10-11H2. The van der Waals surface area contributed by atoms with E-state index in [4.69, 9.17) is 62.7 Å². The van der Waals surface area contributed by atoms with Crippen molar-refractivity contribution >= 4 is 63.7 Å². The van der Waals surface area contributed by atoms with E-state index < -0.39 is 0 Å². The van der Waals surface area contributed by atoms with E-state index in [1.165, 1.54) is 0 Å². The molecule has 3 aromatic carbocycles. The van der Waals surface area contributed by atoms with Crippen molar-refractivity contribution in [3.05, 3.63) is 90.8 Å². The molecule has 27 heavy (non-hydrogen) atoms. The molecule has 1 N–H and O–H groups in total. The Kier molecular flexibility index (Phi) is 7.02. The zero-order valence-corrected chi connectivity index (χ0v) is 17.7. The van der Waals surface area contributed by atoms with Gasteiger partial charge in [0.2, 0.25) is 0 Å². The summed E-state index contributed by atoms with van der Waals surface area (Å²) < 4.78 is 5.78. The predicted molar refractivity (Wildman–Crippen MR) is 116 cm³/mol. The lowest BCUT2D eigenvalue weighted by atomic mass is 10.2. The number of ether oxygens (including phenoxy) is 1. The van der Waals surface area contributed by atoms with Gasteiger partial charge in [-0.05, 0) is 48.0 Å². The van der Waals surface area contributed by atoms with Crippen LogP contribution < -0.4 is 10.1 Å². The van der Waals surface area contributed by atoms with Gasteiger partial charge in [-0.15, -0.1) is 0 Å². The number of nitrogens with one attached hydrogen (secondary N) is 1. The molecule has 0 atom stereocenters. The Morgan fingerprint density at radius 1 is 0.741 bits per heavy atom. The van der Waals surface area contributed by atoms with Crippen LogP contribution in [0.1, 0.15) is 11.1 Å². The van der Waals surface area contributed by atoms with Crippen LogP contribution in [0.5, 0.6) is 5.75 Å². The Morgan fingerprint density at radius 2 is 1.44 bits per heavy atom. The third-order valence-corrected chi connectivity index (χ3v) is 5.15. The van der Waals surface area contributed by atoms with Gasteiger partial charge in [-0.25, -0.2) is 0 Å². The second-order valence-electron chi connectivity index (χ2n) is 5.78. The van der Waals surface area contributed by atoms with Gasteiger partial charge in [0.05, 0.1) is 10.0 Å². The van der Waals surface area contributed by atoms with Crippen LogP contribution in [0, 0.1) is 0 Å². The summed E-state index contributed by atoms with van der Waals surface area (Å²) in [6.45, 7) is 0.776. The van der Waals surface area contributed by atoms with E-state index in [1.54, 1.807) is 18.2 Å². The first kappa shape index (κ1) is 20.4. The minimum Gasteiger partial charge on any atom is -0.486 e. The molecule has 2 nitrogen and oxygen atoms in total. The van der Waals surface area contributed by atoms with E-state index in [-0.39, 0.29) is 6.61 Å². The molecule has 0 aliphatic carbocycles. The number of benzene rings is 3. The average molecular weight is 462 g/mol. The average Bonchev–Trinajstić information content (AvgIpc) is 2.61. The number of rotatable bonds is 6. The van der Waals surface area contributed by atoms with Crippen molar-refractivity contribution < 1.29 is 4.74 Å². The van der Waals surface area contributed by atoms with Crippen molar-refractivity contribution in [3.63, 3.8) is 0 Å². The quantitative estimate of drug-likeness (QED) is 0.400. The van der Waals surface area contributed by atoms with Gasteiger partial charge in [0.25, 0.3) is 0 Å². The molecule has 0 saturated carbocycles. The zero-order valence-electron chi connectivity index (χ0n) is 13.9. The summed E-state index contributed by atoms with van der Waals surface area (Å²) >= 11 is 30.8. The lowest BCUT2D eigenvalue weighted by Gasteiger charge is -2.13. The van der Waals surface area contributed by atoms with E-state index in [1.807, 2.05) is 36.4 Å². The number of hydrogen-bond donors (Lipinski definition) is 1. The molecule has 7 heteroatoms. The Bertz CT molecular complexity index is 938. The van der Waals surface area contributed by atoms with Crippen molar-refractivity contribution in [1.29, 1.82) is 0 Å². The molecule has 0 fully saturated rings. The maximum Gasteiger partial charge on any atom is 0.156 e. The number of halogens is 5. The molecule has 140 valence electrons.